The molecule has 158 valence electrons. The Hall–Kier alpha value is -3.57. The zero-order valence-corrected chi connectivity index (χ0v) is 17.6. The number of carbonyl (C=O) groups is 1. The highest BCUT2D eigenvalue weighted by Gasteiger charge is 2.17. The Kier molecular flexibility index (Phi) is 6.65. The van der Waals surface area contributed by atoms with E-state index in [1.54, 1.807) is 13.2 Å². The molecule has 5 heteroatoms. The van der Waals surface area contributed by atoms with E-state index in [0.29, 0.717) is 24.4 Å². The number of hydrogen-bond donors (Lipinski definition) is 2. The molecule has 2 N–H and O–H groups in total. The molecule has 4 aromatic rings. The van der Waals surface area contributed by atoms with Gasteiger partial charge in [0.2, 0.25) is 0 Å². The standard InChI is InChI=1S/C26H26N2O3/c1-30-23-13-12-21(18-27-15-14-19-8-4-2-5-9-19)22-16-24(31-25(22)23)26(29)28-17-20-10-6-3-7-11-20/h2-13,16,27H,14-15,17-18H2,1H3,(H,28,29). The summed E-state index contributed by atoms with van der Waals surface area (Å²) in [6, 6.07) is 25.9. The molecule has 0 atom stereocenters. The molecular weight excluding hydrogens is 388 g/mol. The lowest BCUT2D eigenvalue weighted by Crippen LogP contribution is -2.22. The van der Waals surface area contributed by atoms with E-state index < -0.39 is 0 Å². The molecule has 0 aliphatic carbocycles. The van der Waals surface area contributed by atoms with E-state index in [1.165, 1.54) is 5.56 Å². The highest BCUT2D eigenvalue weighted by molar-refractivity contribution is 5.98. The van der Waals surface area contributed by atoms with Crippen LogP contribution in [0.1, 0.15) is 27.2 Å². The third-order valence-electron chi connectivity index (χ3n) is 5.23. The normalized spacial score (nSPS) is 10.9. The first-order valence-electron chi connectivity index (χ1n) is 10.4. The second-order valence-corrected chi connectivity index (χ2v) is 7.36. The maximum Gasteiger partial charge on any atom is 0.287 e. The van der Waals surface area contributed by atoms with Gasteiger partial charge in [-0.15, -0.1) is 0 Å². The molecule has 0 radical (unpaired) electrons. The van der Waals surface area contributed by atoms with Crippen LogP contribution in [0.25, 0.3) is 11.0 Å². The van der Waals surface area contributed by atoms with E-state index in [0.717, 1.165) is 29.5 Å². The zero-order chi connectivity index (χ0) is 21.5. The van der Waals surface area contributed by atoms with Gasteiger partial charge in [-0.05, 0) is 41.8 Å². The number of methoxy groups -OCH3 is 1. The Morgan fingerprint density at radius 1 is 0.903 bits per heavy atom. The van der Waals surface area contributed by atoms with Crippen LogP contribution in [-0.2, 0) is 19.5 Å². The second kappa shape index (κ2) is 9.96. The van der Waals surface area contributed by atoms with Gasteiger partial charge < -0.3 is 19.8 Å². The molecule has 4 rings (SSSR count). The van der Waals surface area contributed by atoms with Crippen molar-refractivity contribution in [3.05, 3.63) is 101 Å². The fraction of sp³-hybridized carbons (Fsp3) is 0.192. The Morgan fingerprint density at radius 2 is 1.61 bits per heavy atom. The van der Waals surface area contributed by atoms with Gasteiger partial charge in [0, 0.05) is 18.5 Å². The summed E-state index contributed by atoms with van der Waals surface area (Å²) in [5.41, 5.74) is 3.99. The van der Waals surface area contributed by atoms with E-state index >= 15 is 0 Å². The van der Waals surface area contributed by atoms with E-state index in [2.05, 4.69) is 34.9 Å². The van der Waals surface area contributed by atoms with Gasteiger partial charge in [-0.25, -0.2) is 0 Å². The molecule has 31 heavy (non-hydrogen) atoms. The number of carbonyl (C=O) groups excluding carboxylic acids is 1. The van der Waals surface area contributed by atoms with Crippen LogP contribution in [0.3, 0.4) is 0 Å². The molecule has 1 aromatic heterocycles. The molecule has 0 spiro atoms. The lowest BCUT2D eigenvalue weighted by atomic mass is 10.1. The van der Waals surface area contributed by atoms with E-state index in [9.17, 15) is 4.79 Å². The molecular formula is C26H26N2O3. The van der Waals surface area contributed by atoms with Crippen LogP contribution in [0.2, 0.25) is 0 Å². The lowest BCUT2D eigenvalue weighted by molar-refractivity contribution is 0.0925. The number of hydrogen-bond acceptors (Lipinski definition) is 4. The minimum atomic E-state index is -0.245. The van der Waals surface area contributed by atoms with Gasteiger partial charge in [0.15, 0.2) is 17.1 Å². The number of furan rings is 1. The number of rotatable bonds is 9. The third kappa shape index (κ3) is 5.13. The van der Waals surface area contributed by atoms with E-state index in [-0.39, 0.29) is 11.7 Å². The number of fused-ring (bicyclic) bond motifs is 1. The van der Waals surface area contributed by atoms with Crippen molar-refractivity contribution in [2.45, 2.75) is 19.5 Å². The number of ether oxygens (including phenoxy) is 1. The van der Waals surface area contributed by atoms with Crippen LogP contribution in [0, 0.1) is 0 Å². The van der Waals surface area contributed by atoms with Gasteiger partial charge in [0.1, 0.15) is 0 Å². The summed E-state index contributed by atoms with van der Waals surface area (Å²) in [6.45, 7) is 1.99. The third-order valence-corrected chi connectivity index (χ3v) is 5.23. The van der Waals surface area contributed by atoms with Crippen molar-refractivity contribution in [1.29, 1.82) is 0 Å². The monoisotopic (exact) mass is 414 g/mol. The molecule has 5 nitrogen and oxygen atoms in total. The van der Waals surface area contributed by atoms with Crippen LogP contribution in [0.5, 0.6) is 5.75 Å². The molecule has 0 unspecified atom stereocenters. The summed E-state index contributed by atoms with van der Waals surface area (Å²) >= 11 is 0. The largest absolute Gasteiger partial charge is 0.493 e. The smallest absolute Gasteiger partial charge is 0.287 e. The van der Waals surface area contributed by atoms with Crippen LogP contribution in [-0.4, -0.2) is 19.6 Å². The predicted molar refractivity (Wildman–Crippen MR) is 122 cm³/mol. The second-order valence-electron chi connectivity index (χ2n) is 7.36. The summed E-state index contributed by atoms with van der Waals surface area (Å²) in [7, 11) is 1.60. The highest BCUT2D eigenvalue weighted by atomic mass is 16.5. The number of amides is 1. The van der Waals surface area contributed by atoms with Gasteiger partial charge in [0.25, 0.3) is 5.91 Å². The maximum atomic E-state index is 12.7. The molecule has 0 saturated heterocycles. The van der Waals surface area contributed by atoms with Gasteiger partial charge in [-0.1, -0.05) is 66.7 Å². The minimum Gasteiger partial charge on any atom is -0.493 e. The van der Waals surface area contributed by atoms with Gasteiger partial charge >= 0.3 is 0 Å². The average molecular weight is 415 g/mol. The Morgan fingerprint density at radius 3 is 2.32 bits per heavy atom. The maximum absolute atomic E-state index is 12.7. The number of nitrogens with one attached hydrogen (secondary N) is 2. The Labute approximate surface area is 182 Å². The number of benzene rings is 3. The van der Waals surface area contributed by atoms with Gasteiger partial charge in [-0.3, -0.25) is 4.79 Å². The van der Waals surface area contributed by atoms with E-state index in [1.807, 2.05) is 48.5 Å². The average Bonchev–Trinajstić information content (AvgIpc) is 3.27. The van der Waals surface area contributed by atoms with Crippen LogP contribution in [0.4, 0.5) is 0 Å². The quantitative estimate of drug-likeness (QED) is 0.390. The van der Waals surface area contributed by atoms with Crippen molar-refractivity contribution in [3.63, 3.8) is 0 Å². The summed E-state index contributed by atoms with van der Waals surface area (Å²) in [5.74, 6) is 0.649. The van der Waals surface area contributed by atoms with Crippen molar-refractivity contribution in [2.75, 3.05) is 13.7 Å². The first kappa shape index (κ1) is 20.7. The molecule has 0 saturated carbocycles. The summed E-state index contributed by atoms with van der Waals surface area (Å²) in [6.07, 6.45) is 0.957. The zero-order valence-electron chi connectivity index (χ0n) is 17.6. The van der Waals surface area contributed by atoms with Crippen LogP contribution >= 0.6 is 0 Å². The fourth-order valence-corrected chi connectivity index (χ4v) is 3.55. The SMILES string of the molecule is COc1ccc(CNCCc2ccccc2)c2cc(C(=O)NCc3ccccc3)oc12. The van der Waals surface area contributed by atoms with Crippen molar-refractivity contribution in [2.24, 2.45) is 0 Å². The first-order chi connectivity index (χ1) is 15.2. The Balaban J connectivity index is 1.45. The molecule has 1 amide bonds. The van der Waals surface area contributed by atoms with Crippen LogP contribution in [0.15, 0.2) is 83.3 Å². The van der Waals surface area contributed by atoms with Crippen LogP contribution < -0.4 is 15.4 Å². The predicted octanol–water partition coefficient (Wildman–Crippen LogP) is 4.70. The fourth-order valence-electron chi connectivity index (χ4n) is 3.55. The molecule has 0 fully saturated rings. The molecule has 3 aromatic carbocycles. The Bertz CT molecular complexity index is 1140. The van der Waals surface area contributed by atoms with Crippen molar-refractivity contribution >= 4 is 16.9 Å². The molecule has 0 bridgehead atoms. The van der Waals surface area contributed by atoms with Crippen molar-refractivity contribution in [1.82, 2.24) is 10.6 Å². The summed E-state index contributed by atoms with van der Waals surface area (Å²) in [4.78, 5) is 12.7. The summed E-state index contributed by atoms with van der Waals surface area (Å²) in [5, 5.41) is 7.28. The van der Waals surface area contributed by atoms with Gasteiger partial charge in [-0.2, -0.15) is 0 Å². The van der Waals surface area contributed by atoms with Gasteiger partial charge in [0.05, 0.1) is 7.11 Å². The lowest BCUT2D eigenvalue weighted by Gasteiger charge is -2.08. The van der Waals surface area contributed by atoms with E-state index in [4.69, 9.17) is 9.15 Å². The summed E-state index contributed by atoms with van der Waals surface area (Å²) < 4.78 is 11.3. The molecule has 0 aliphatic rings. The van der Waals surface area contributed by atoms with Crippen molar-refractivity contribution in [3.8, 4) is 5.75 Å². The molecule has 0 aliphatic heterocycles. The highest BCUT2D eigenvalue weighted by Crippen LogP contribution is 2.31. The first-order valence-corrected chi connectivity index (χ1v) is 10.4. The van der Waals surface area contributed by atoms with Crippen molar-refractivity contribution < 1.29 is 13.9 Å². The molecule has 1 heterocycles. The minimum absolute atomic E-state index is 0.245. The topological polar surface area (TPSA) is 63.5 Å².